The summed E-state index contributed by atoms with van der Waals surface area (Å²) >= 11 is 9.20. The highest BCUT2D eigenvalue weighted by Crippen LogP contribution is 2.26. The van der Waals surface area contributed by atoms with Crippen molar-refractivity contribution >= 4 is 44.3 Å². The van der Waals surface area contributed by atoms with Crippen LogP contribution in [0, 0.1) is 0 Å². The molecule has 0 saturated heterocycles. The predicted octanol–water partition coefficient (Wildman–Crippen LogP) is 4.88. The Morgan fingerprint density at radius 2 is 1.78 bits per heavy atom. The molecule has 0 radical (unpaired) electrons. The average molecular weight is 393 g/mol. The fourth-order valence-corrected chi connectivity index (χ4v) is 2.63. The van der Waals surface area contributed by atoms with Crippen LogP contribution in [0.2, 0.25) is 5.15 Å². The minimum Gasteiger partial charge on any atom is -0.497 e. The van der Waals surface area contributed by atoms with Gasteiger partial charge in [0.25, 0.3) is 0 Å². The Bertz CT molecular complexity index is 898. The molecule has 3 aromatic rings. The SMILES string of the molecule is COc1ccc2ccc(OC(=O)c3cc(Br)cnc3Cl)cc2c1. The number of rotatable bonds is 3. The molecule has 0 unspecified atom stereocenters. The van der Waals surface area contributed by atoms with E-state index in [4.69, 9.17) is 21.1 Å². The minimum atomic E-state index is -0.564. The maximum Gasteiger partial charge on any atom is 0.346 e. The summed E-state index contributed by atoms with van der Waals surface area (Å²) in [5.74, 6) is 0.595. The number of aromatic nitrogens is 1. The number of methoxy groups -OCH3 is 1. The summed E-state index contributed by atoms with van der Waals surface area (Å²) in [7, 11) is 1.60. The van der Waals surface area contributed by atoms with Crippen LogP contribution in [0.5, 0.6) is 11.5 Å². The lowest BCUT2D eigenvalue weighted by Crippen LogP contribution is -2.09. The highest BCUT2D eigenvalue weighted by atomic mass is 79.9. The Morgan fingerprint density at radius 1 is 1.09 bits per heavy atom. The van der Waals surface area contributed by atoms with E-state index in [1.165, 1.54) is 6.20 Å². The molecule has 0 aliphatic heterocycles. The molecular weight excluding hydrogens is 382 g/mol. The molecule has 23 heavy (non-hydrogen) atoms. The van der Waals surface area contributed by atoms with Crippen LogP contribution in [-0.2, 0) is 0 Å². The molecule has 0 bridgehead atoms. The molecule has 0 N–H and O–H groups in total. The van der Waals surface area contributed by atoms with Crippen molar-refractivity contribution in [2.75, 3.05) is 7.11 Å². The first-order valence-electron chi connectivity index (χ1n) is 6.68. The first-order valence-corrected chi connectivity index (χ1v) is 7.85. The zero-order valence-electron chi connectivity index (χ0n) is 12.0. The van der Waals surface area contributed by atoms with Crippen molar-refractivity contribution in [1.29, 1.82) is 0 Å². The maximum atomic E-state index is 12.3. The molecule has 0 atom stereocenters. The zero-order valence-corrected chi connectivity index (χ0v) is 14.4. The van der Waals surface area contributed by atoms with E-state index in [1.807, 2.05) is 24.3 Å². The normalized spacial score (nSPS) is 10.6. The van der Waals surface area contributed by atoms with Gasteiger partial charge in [0.15, 0.2) is 0 Å². The number of benzene rings is 2. The van der Waals surface area contributed by atoms with Crippen LogP contribution in [0.1, 0.15) is 10.4 Å². The second kappa shape index (κ2) is 6.56. The van der Waals surface area contributed by atoms with Crippen LogP contribution in [0.4, 0.5) is 0 Å². The average Bonchev–Trinajstić information content (AvgIpc) is 2.56. The Hall–Kier alpha value is -2.11. The van der Waals surface area contributed by atoms with E-state index >= 15 is 0 Å². The summed E-state index contributed by atoms with van der Waals surface area (Å²) < 4.78 is 11.2. The van der Waals surface area contributed by atoms with Gasteiger partial charge in [0.1, 0.15) is 16.7 Å². The van der Waals surface area contributed by atoms with Crippen LogP contribution in [0.15, 0.2) is 53.1 Å². The van der Waals surface area contributed by atoms with Crippen molar-refractivity contribution in [2.24, 2.45) is 0 Å². The predicted molar refractivity (Wildman–Crippen MR) is 92.4 cm³/mol. The number of esters is 1. The van der Waals surface area contributed by atoms with Crippen LogP contribution in [-0.4, -0.2) is 18.1 Å². The van der Waals surface area contributed by atoms with E-state index in [2.05, 4.69) is 20.9 Å². The van der Waals surface area contributed by atoms with E-state index in [9.17, 15) is 4.79 Å². The van der Waals surface area contributed by atoms with Crippen LogP contribution < -0.4 is 9.47 Å². The summed E-state index contributed by atoms with van der Waals surface area (Å²) in [5, 5.41) is 2.03. The van der Waals surface area contributed by atoms with E-state index in [-0.39, 0.29) is 10.7 Å². The van der Waals surface area contributed by atoms with Gasteiger partial charge in [-0.1, -0.05) is 23.7 Å². The van der Waals surface area contributed by atoms with Gasteiger partial charge in [-0.15, -0.1) is 0 Å². The van der Waals surface area contributed by atoms with Gasteiger partial charge in [-0.25, -0.2) is 9.78 Å². The summed E-state index contributed by atoms with van der Waals surface area (Å²) in [6, 6.07) is 12.6. The standard InChI is InChI=1S/C17H11BrClNO3/c1-22-13-4-2-10-3-5-14(7-11(10)6-13)23-17(21)15-8-12(18)9-20-16(15)19/h2-9H,1H3. The fraction of sp³-hybridized carbons (Fsp3) is 0.0588. The highest BCUT2D eigenvalue weighted by Gasteiger charge is 2.15. The van der Waals surface area contributed by atoms with Gasteiger partial charge in [0, 0.05) is 10.7 Å². The Labute approximate surface area is 146 Å². The van der Waals surface area contributed by atoms with E-state index in [0.29, 0.717) is 10.2 Å². The molecule has 4 nitrogen and oxygen atoms in total. The second-order valence-electron chi connectivity index (χ2n) is 4.76. The third-order valence-electron chi connectivity index (χ3n) is 3.26. The lowest BCUT2D eigenvalue weighted by atomic mass is 10.1. The van der Waals surface area contributed by atoms with Crippen molar-refractivity contribution < 1.29 is 14.3 Å². The van der Waals surface area contributed by atoms with Gasteiger partial charge >= 0.3 is 5.97 Å². The monoisotopic (exact) mass is 391 g/mol. The van der Waals surface area contributed by atoms with Gasteiger partial charge in [0.05, 0.1) is 12.7 Å². The Morgan fingerprint density at radius 3 is 2.52 bits per heavy atom. The number of fused-ring (bicyclic) bond motifs is 1. The van der Waals surface area contributed by atoms with Gasteiger partial charge in [-0.05, 0) is 57.0 Å². The van der Waals surface area contributed by atoms with Gasteiger partial charge < -0.3 is 9.47 Å². The number of pyridine rings is 1. The smallest absolute Gasteiger partial charge is 0.346 e. The molecule has 6 heteroatoms. The molecule has 1 aromatic heterocycles. The summed E-state index contributed by atoms with van der Waals surface area (Å²) in [6.45, 7) is 0. The molecule has 0 fully saturated rings. The summed E-state index contributed by atoms with van der Waals surface area (Å²) in [4.78, 5) is 16.2. The second-order valence-corrected chi connectivity index (χ2v) is 6.03. The van der Waals surface area contributed by atoms with Crippen molar-refractivity contribution in [3.63, 3.8) is 0 Å². The molecule has 1 heterocycles. The van der Waals surface area contributed by atoms with Gasteiger partial charge in [0.2, 0.25) is 0 Å². The molecule has 0 aliphatic carbocycles. The number of ether oxygens (including phenoxy) is 2. The third kappa shape index (κ3) is 3.46. The fourth-order valence-electron chi connectivity index (χ4n) is 2.12. The van der Waals surface area contributed by atoms with Crippen LogP contribution in [0.25, 0.3) is 10.8 Å². The minimum absolute atomic E-state index is 0.0978. The van der Waals surface area contributed by atoms with E-state index < -0.39 is 5.97 Å². The summed E-state index contributed by atoms with van der Waals surface area (Å²) in [6.07, 6.45) is 1.52. The number of hydrogen-bond acceptors (Lipinski definition) is 4. The number of carbonyl (C=O) groups is 1. The molecular formula is C17H11BrClNO3. The zero-order chi connectivity index (χ0) is 16.4. The van der Waals surface area contributed by atoms with Crippen LogP contribution in [0.3, 0.4) is 0 Å². The lowest BCUT2D eigenvalue weighted by molar-refractivity contribution is 0.0734. The van der Waals surface area contributed by atoms with Crippen molar-refractivity contribution in [3.05, 3.63) is 63.9 Å². The Kier molecular flexibility index (Phi) is 4.50. The molecule has 2 aromatic carbocycles. The summed E-state index contributed by atoms with van der Waals surface area (Å²) in [5.41, 5.74) is 0.201. The third-order valence-corrected chi connectivity index (χ3v) is 3.99. The quantitative estimate of drug-likeness (QED) is 0.362. The van der Waals surface area contributed by atoms with Gasteiger partial charge in [-0.2, -0.15) is 0 Å². The molecule has 0 aliphatic rings. The molecule has 0 saturated carbocycles. The van der Waals surface area contributed by atoms with Gasteiger partial charge in [-0.3, -0.25) is 0 Å². The van der Waals surface area contributed by atoms with Crippen molar-refractivity contribution in [1.82, 2.24) is 4.98 Å². The Balaban J connectivity index is 1.91. The number of nitrogens with zero attached hydrogens (tertiary/aromatic N) is 1. The largest absolute Gasteiger partial charge is 0.497 e. The van der Waals surface area contributed by atoms with Crippen LogP contribution >= 0.6 is 27.5 Å². The lowest BCUT2D eigenvalue weighted by Gasteiger charge is -2.08. The molecule has 116 valence electrons. The number of halogens is 2. The number of hydrogen-bond donors (Lipinski definition) is 0. The molecule has 3 rings (SSSR count). The van der Waals surface area contributed by atoms with Crippen molar-refractivity contribution in [2.45, 2.75) is 0 Å². The highest BCUT2D eigenvalue weighted by molar-refractivity contribution is 9.10. The van der Waals surface area contributed by atoms with Crippen molar-refractivity contribution in [3.8, 4) is 11.5 Å². The number of carbonyl (C=O) groups excluding carboxylic acids is 1. The van der Waals surface area contributed by atoms with E-state index in [1.54, 1.807) is 25.3 Å². The molecule has 0 amide bonds. The first kappa shape index (κ1) is 15.8. The topological polar surface area (TPSA) is 48.4 Å². The van der Waals surface area contributed by atoms with E-state index in [0.717, 1.165) is 16.5 Å². The first-order chi connectivity index (χ1) is 11.1. The maximum absolute atomic E-state index is 12.3. The molecule has 0 spiro atoms.